The van der Waals surface area contributed by atoms with Crippen LogP contribution < -0.4 is 9.47 Å². The fourth-order valence-corrected chi connectivity index (χ4v) is 3.49. The van der Waals surface area contributed by atoms with E-state index in [2.05, 4.69) is 0 Å². The predicted molar refractivity (Wildman–Crippen MR) is 111 cm³/mol. The lowest BCUT2D eigenvalue weighted by atomic mass is 9.95. The summed E-state index contributed by atoms with van der Waals surface area (Å²) in [5.41, 5.74) is 1.13. The number of aliphatic hydroxyl groups excluding tert-OH is 1. The van der Waals surface area contributed by atoms with E-state index in [1.165, 1.54) is 12.0 Å². The standard InChI is InChI=1S/C23H25NO6/c1-4-30-17-10-8-15(9-11-17)21(25)19-20(16-6-5-7-18(14-16)29-3)24(12-13-28-2)23(27)22(19)26/h5-11,14,20,25H,4,12-13H2,1-3H3/t20-/m1/s1. The second kappa shape index (κ2) is 9.45. The number of nitrogens with zero attached hydrogens (tertiary/aromatic N) is 1. The van der Waals surface area contributed by atoms with Gasteiger partial charge in [0.25, 0.3) is 11.7 Å². The number of rotatable bonds is 8. The largest absolute Gasteiger partial charge is 0.507 e. The third kappa shape index (κ3) is 4.16. The molecule has 158 valence electrons. The predicted octanol–water partition coefficient (Wildman–Crippen LogP) is 3.16. The number of benzene rings is 2. The zero-order chi connectivity index (χ0) is 21.7. The van der Waals surface area contributed by atoms with Gasteiger partial charge in [0.15, 0.2) is 0 Å². The molecule has 0 unspecified atom stereocenters. The monoisotopic (exact) mass is 411 g/mol. The van der Waals surface area contributed by atoms with E-state index in [1.807, 2.05) is 6.92 Å². The van der Waals surface area contributed by atoms with Crippen LogP contribution in [0.3, 0.4) is 0 Å². The molecule has 1 heterocycles. The molecule has 1 saturated heterocycles. The molecule has 1 amide bonds. The smallest absolute Gasteiger partial charge is 0.295 e. The number of ketones is 1. The third-order valence-corrected chi connectivity index (χ3v) is 4.92. The van der Waals surface area contributed by atoms with Crippen molar-refractivity contribution in [3.8, 4) is 11.5 Å². The molecule has 1 atom stereocenters. The number of aliphatic hydroxyl groups is 1. The highest BCUT2D eigenvalue weighted by Gasteiger charge is 2.45. The van der Waals surface area contributed by atoms with Crippen molar-refractivity contribution in [2.24, 2.45) is 0 Å². The van der Waals surface area contributed by atoms with Crippen LogP contribution in [0.1, 0.15) is 24.1 Å². The lowest BCUT2D eigenvalue weighted by molar-refractivity contribution is -0.140. The second-order valence-corrected chi connectivity index (χ2v) is 6.72. The summed E-state index contributed by atoms with van der Waals surface area (Å²) in [6.07, 6.45) is 0. The van der Waals surface area contributed by atoms with Crippen LogP contribution in [0.5, 0.6) is 11.5 Å². The number of carbonyl (C=O) groups is 2. The molecule has 1 aliphatic heterocycles. The highest BCUT2D eigenvalue weighted by atomic mass is 16.5. The van der Waals surface area contributed by atoms with E-state index in [0.29, 0.717) is 29.2 Å². The van der Waals surface area contributed by atoms with Crippen molar-refractivity contribution in [3.05, 3.63) is 65.2 Å². The SMILES string of the molecule is CCOc1ccc(C(O)=C2C(=O)C(=O)N(CCOC)[C@@H]2c2cccc(OC)c2)cc1. The van der Waals surface area contributed by atoms with Crippen LogP contribution in [-0.4, -0.2) is 55.7 Å². The van der Waals surface area contributed by atoms with Gasteiger partial charge in [0.2, 0.25) is 0 Å². The Hall–Kier alpha value is -3.32. The number of amides is 1. The molecule has 0 aromatic heterocycles. The van der Waals surface area contributed by atoms with Gasteiger partial charge in [-0.25, -0.2) is 0 Å². The van der Waals surface area contributed by atoms with Crippen molar-refractivity contribution in [2.45, 2.75) is 13.0 Å². The molecule has 0 spiro atoms. The van der Waals surface area contributed by atoms with Crippen molar-refractivity contribution in [1.29, 1.82) is 0 Å². The van der Waals surface area contributed by atoms with Crippen LogP contribution in [0.15, 0.2) is 54.1 Å². The maximum Gasteiger partial charge on any atom is 0.295 e. The summed E-state index contributed by atoms with van der Waals surface area (Å²) in [4.78, 5) is 27.1. The van der Waals surface area contributed by atoms with Gasteiger partial charge in [0, 0.05) is 19.2 Å². The molecule has 3 rings (SSSR count). The number of hydrogen-bond donors (Lipinski definition) is 1. The Kier molecular flexibility index (Phi) is 6.74. The summed E-state index contributed by atoms with van der Waals surface area (Å²) in [6, 6.07) is 13.1. The lowest BCUT2D eigenvalue weighted by Gasteiger charge is -2.25. The molecule has 7 nitrogen and oxygen atoms in total. The van der Waals surface area contributed by atoms with E-state index in [-0.39, 0.29) is 24.5 Å². The van der Waals surface area contributed by atoms with E-state index >= 15 is 0 Å². The summed E-state index contributed by atoms with van der Waals surface area (Å²) < 4.78 is 15.8. The number of carbonyl (C=O) groups excluding carboxylic acids is 2. The van der Waals surface area contributed by atoms with Gasteiger partial charge in [0.1, 0.15) is 17.3 Å². The fraction of sp³-hybridized carbons (Fsp3) is 0.304. The summed E-state index contributed by atoms with van der Waals surface area (Å²) in [5, 5.41) is 11.0. The van der Waals surface area contributed by atoms with Crippen LogP contribution in [-0.2, 0) is 14.3 Å². The minimum absolute atomic E-state index is 0.0357. The maximum atomic E-state index is 12.9. The van der Waals surface area contributed by atoms with Gasteiger partial charge in [-0.15, -0.1) is 0 Å². The normalized spacial score (nSPS) is 18.0. The minimum atomic E-state index is -0.748. The minimum Gasteiger partial charge on any atom is -0.507 e. The number of likely N-dealkylation sites (tertiary alicyclic amines) is 1. The number of hydrogen-bond acceptors (Lipinski definition) is 6. The summed E-state index contributed by atoms with van der Waals surface area (Å²) in [5.74, 6) is -0.397. The zero-order valence-corrected chi connectivity index (χ0v) is 17.3. The first-order chi connectivity index (χ1) is 14.5. The van der Waals surface area contributed by atoms with Gasteiger partial charge in [-0.3, -0.25) is 9.59 Å². The molecule has 0 radical (unpaired) electrons. The van der Waals surface area contributed by atoms with Crippen molar-refractivity contribution in [3.63, 3.8) is 0 Å². The van der Waals surface area contributed by atoms with Gasteiger partial charge in [-0.1, -0.05) is 12.1 Å². The highest BCUT2D eigenvalue weighted by Crippen LogP contribution is 2.40. The molecule has 0 aliphatic carbocycles. The lowest BCUT2D eigenvalue weighted by Crippen LogP contribution is -2.32. The zero-order valence-electron chi connectivity index (χ0n) is 17.3. The van der Waals surface area contributed by atoms with Crippen LogP contribution in [0, 0.1) is 0 Å². The molecule has 0 bridgehead atoms. The molecule has 1 aliphatic rings. The molecule has 1 fully saturated rings. The molecule has 2 aromatic carbocycles. The Balaban J connectivity index is 2.11. The van der Waals surface area contributed by atoms with Crippen molar-refractivity contribution in [2.75, 3.05) is 34.0 Å². The number of methoxy groups -OCH3 is 2. The molecule has 30 heavy (non-hydrogen) atoms. The molecule has 1 N–H and O–H groups in total. The van der Waals surface area contributed by atoms with Gasteiger partial charge in [0.05, 0.1) is 31.9 Å². The van der Waals surface area contributed by atoms with E-state index in [4.69, 9.17) is 14.2 Å². The highest BCUT2D eigenvalue weighted by molar-refractivity contribution is 6.46. The van der Waals surface area contributed by atoms with Crippen molar-refractivity contribution >= 4 is 17.4 Å². The Morgan fingerprint density at radius 3 is 2.43 bits per heavy atom. The molecular weight excluding hydrogens is 386 g/mol. The van der Waals surface area contributed by atoms with Gasteiger partial charge < -0.3 is 24.2 Å². The van der Waals surface area contributed by atoms with Crippen molar-refractivity contribution in [1.82, 2.24) is 4.90 Å². The fourth-order valence-electron chi connectivity index (χ4n) is 3.49. The van der Waals surface area contributed by atoms with E-state index in [9.17, 15) is 14.7 Å². The van der Waals surface area contributed by atoms with Gasteiger partial charge in [-0.2, -0.15) is 0 Å². The summed E-state index contributed by atoms with van der Waals surface area (Å²) >= 11 is 0. The first kappa shape index (κ1) is 21.4. The topological polar surface area (TPSA) is 85.3 Å². The average Bonchev–Trinajstić information content (AvgIpc) is 3.02. The molecule has 0 saturated carbocycles. The van der Waals surface area contributed by atoms with Crippen LogP contribution in [0.4, 0.5) is 0 Å². The van der Waals surface area contributed by atoms with Crippen molar-refractivity contribution < 1.29 is 28.9 Å². The first-order valence-corrected chi connectivity index (χ1v) is 9.66. The Bertz CT molecular complexity index is 950. The quantitative estimate of drug-likeness (QED) is 0.408. The number of Topliss-reactive ketones (excluding diaryl/α,β-unsaturated/α-hetero) is 1. The van der Waals surface area contributed by atoms with Gasteiger partial charge in [-0.05, 0) is 48.9 Å². The molecule has 7 heteroatoms. The molecular formula is C23H25NO6. The van der Waals surface area contributed by atoms with E-state index < -0.39 is 17.7 Å². The van der Waals surface area contributed by atoms with Crippen LogP contribution in [0.25, 0.3) is 5.76 Å². The van der Waals surface area contributed by atoms with E-state index in [0.717, 1.165) is 0 Å². The second-order valence-electron chi connectivity index (χ2n) is 6.72. The summed E-state index contributed by atoms with van der Waals surface area (Å²) in [6.45, 7) is 2.87. The summed E-state index contributed by atoms with van der Waals surface area (Å²) in [7, 11) is 3.07. The average molecular weight is 411 g/mol. The number of ether oxygens (including phenoxy) is 3. The Morgan fingerprint density at radius 2 is 1.80 bits per heavy atom. The van der Waals surface area contributed by atoms with Crippen LogP contribution >= 0.6 is 0 Å². The Morgan fingerprint density at radius 1 is 1.07 bits per heavy atom. The van der Waals surface area contributed by atoms with E-state index in [1.54, 1.807) is 55.6 Å². The van der Waals surface area contributed by atoms with Crippen LogP contribution in [0.2, 0.25) is 0 Å². The van der Waals surface area contributed by atoms with Gasteiger partial charge >= 0.3 is 0 Å². The maximum absolute atomic E-state index is 12.9. The molecule has 2 aromatic rings. The third-order valence-electron chi connectivity index (χ3n) is 4.92. The first-order valence-electron chi connectivity index (χ1n) is 9.66. The Labute approximate surface area is 175 Å².